The summed E-state index contributed by atoms with van der Waals surface area (Å²) in [5.74, 6) is 0.656. The molecule has 1 amide bonds. The zero-order valence-corrected chi connectivity index (χ0v) is 16.7. The van der Waals surface area contributed by atoms with Gasteiger partial charge >= 0.3 is 0 Å². The SMILES string of the molecule is COCCn1c(SCC(=O)N(CC#N)c2ccccc2)nnc1-c1ccncc1. The quantitative estimate of drug-likeness (QED) is 0.397. The Morgan fingerprint density at radius 2 is 1.97 bits per heavy atom. The van der Waals surface area contributed by atoms with E-state index in [1.54, 1.807) is 19.5 Å². The van der Waals surface area contributed by atoms with Gasteiger partial charge < -0.3 is 4.74 Å². The first kappa shape index (κ1) is 20.5. The van der Waals surface area contributed by atoms with E-state index in [0.717, 1.165) is 5.56 Å². The molecule has 0 aliphatic heterocycles. The van der Waals surface area contributed by atoms with E-state index in [9.17, 15) is 4.79 Å². The molecule has 9 heteroatoms. The average Bonchev–Trinajstić information content (AvgIpc) is 3.18. The molecule has 148 valence electrons. The van der Waals surface area contributed by atoms with Gasteiger partial charge in [0.05, 0.1) is 25.0 Å². The van der Waals surface area contributed by atoms with E-state index in [0.29, 0.717) is 29.8 Å². The molecule has 2 aromatic heterocycles. The van der Waals surface area contributed by atoms with Crippen molar-refractivity contribution in [1.82, 2.24) is 19.7 Å². The number of carbonyl (C=O) groups is 1. The van der Waals surface area contributed by atoms with Crippen molar-refractivity contribution in [1.29, 1.82) is 5.26 Å². The van der Waals surface area contributed by atoms with Gasteiger partial charge in [0.15, 0.2) is 11.0 Å². The highest BCUT2D eigenvalue weighted by atomic mass is 32.2. The maximum Gasteiger partial charge on any atom is 0.238 e. The number of hydrogen-bond donors (Lipinski definition) is 0. The molecule has 0 N–H and O–H groups in total. The summed E-state index contributed by atoms with van der Waals surface area (Å²) in [6.45, 7) is 1.03. The highest BCUT2D eigenvalue weighted by Gasteiger charge is 2.19. The fraction of sp³-hybridized carbons (Fsp3) is 0.250. The predicted molar refractivity (Wildman–Crippen MR) is 110 cm³/mol. The molecule has 3 aromatic rings. The number of hydrogen-bond acceptors (Lipinski definition) is 7. The van der Waals surface area contributed by atoms with Crippen LogP contribution in [0.3, 0.4) is 0 Å². The first-order valence-electron chi connectivity index (χ1n) is 8.92. The van der Waals surface area contributed by atoms with E-state index < -0.39 is 0 Å². The second-order valence-electron chi connectivity index (χ2n) is 5.95. The second kappa shape index (κ2) is 10.4. The van der Waals surface area contributed by atoms with Crippen LogP contribution in [0.2, 0.25) is 0 Å². The summed E-state index contributed by atoms with van der Waals surface area (Å²) in [5.41, 5.74) is 1.58. The van der Waals surface area contributed by atoms with Crippen LogP contribution in [0.25, 0.3) is 11.4 Å². The summed E-state index contributed by atoms with van der Waals surface area (Å²) in [7, 11) is 1.63. The van der Waals surface area contributed by atoms with Gasteiger partial charge in [0.25, 0.3) is 0 Å². The molecule has 0 atom stereocenters. The van der Waals surface area contributed by atoms with Gasteiger partial charge in [0, 0.05) is 30.8 Å². The maximum absolute atomic E-state index is 12.8. The number of thioether (sulfide) groups is 1. The van der Waals surface area contributed by atoms with Gasteiger partial charge in [-0.15, -0.1) is 10.2 Å². The monoisotopic (exact) mass is 408 g/mol. The number of anilines is 1. The zero-order chi connectivity index (χ0) is 20.5. The fourth-order valence-electron chi connectivity index (χ4n) is 2.70. The van der Waals surface area contributed by atoms with Crippen LogP contribution in [0.5, 0.6) is 0 Å². The van der Waals surface area contributed by atoms with Crippen molar-refractivity contribution in [2.75, 3.05) is 30.9 Å². The van der Waals surface area contributed by atoms with Gasteiger partial charge in [0.1, 0.15) is 6.54 Å². The minimum Gasteiger partial charge on any atom is -0.383 e. The largest absolute Gasteiger partial charge is 0.383 e. The Bertz CT molecular complexity index is 972. The Labute approximate surface area is 173 Å². The minimum atomic E-state index is -0.172. The molecular weight excluding hydrogens is 388 g/mol. The highest BCUT2D eigenvalue weighted by molar-refractivity contribution is 7.99. The molecular formula is C20H20N6O2S. The number of aromatic nitrogens is 4. The third-order valence-electron chi connectivity index (χ3n) is 4.10. The van der Waals surface area contributed by atoms with Crippen molar-refractivity contribution >= 4 is 23.4 Å². The molecule has 29 heavy (non-hydrogen) atoms. The lowest BCUT2D eigenvalue weighted by atomic mass is 10.2. The summed E-state index contributed by atoms with van der Waals surface area (Å²) in [4.78, 5) is 18.3. The normalized spacial score (nSPS) is 10.5. The van der Waals surface area contributed by atoms with Crippen molar-refractivity contribution < 1.29 is 9.53 Å². The van der Waals surface area contributed by atoms with Crippen LogP contribution in [0.15, 0.2) is 60.0 Å². The Kier molecular flexibility index (Phi) is 7.33. The summed E-state index contributed by atoms with van der Waals surface area (Å²) in [5, 5.41) is 18.3. The van der Waals surface area contributed by atoms with Crippen molar-refractivity contribution in [3.8, 4) is 17.5 Å². The molecule has 0 unspecified atom stereocenters. The third kappa shape index (κ3) is 5.19. The zero-order valence-electron chi connectivity index (χ0n) is 15.9. The van der Waals surface area contributed by atoms with Crippen molar-refractivity contribution in [2.45, 2.75) is 11.7 Å². The summed E-state index contributed by atoms with van der Waals surface area (Å²) in [6.07, 6.45) is 3.39. The van der Waals surface area contributed by atoms with Gasteiger partial charge in [-0.1, -0.05) is 30.0 Å². The minimum absolute atomic E-state index is 0.0119. The van der Waals surface area contributed by atoms with Crippen LogP contribution in [-0.2, 0) is 16.1 Å². The van der Waals surface area contributed by atoms with Crippen molar-refractivity contribution in [3.05, 3.63) is 54.9 Å². The van der Waals surface area contributed by atoms with Gasteiger partial charge in [-0.3, -0.25) is 19.2 Å². The standard InChI is InChI=1S/C20H20N6O2S/c1-28-14-13-26-19(16-7-10-22-11-8-16)23-24-20(26)29-15-18(27)25(12-9-21)17-5-3-2-4-6-17/h2-8,10-11H,12-15H2,1H3. The highest BCUT2D eigenvalue weighted by Crippen LogP contribution is 2.24. The summed E-state index contributed by atoms with van der Waals surface area (Å²) >= 11 is 1.29. The lowest BCUT2D eigenvalue weighted by Crippen LogP contribution is -2.32. The van der Waals surface area contributed by atoms with E-state index in [1.807, 2.05) is 47.0 Å². The first-order chi connectivity index (χ1) is 14.2. The second-order valence-corrected chi connectivity index (χ2v) is 6.89. The molecule has 8 nitrogen and oxygen atoms in total. The number of carbonyl (C=O) groups excluding carboxylic acids is 1. The van der Waals surface area contributed by atoms with Gasteiger partial charge in [-0.2, -0.15) is 5.26 Å². The van der Waals surface area contributed by atoms with Gasteiger partial charge in [0.2, 0.25) is 5.91 Å². The summed E-state index contributed by atoms with van der Waals surface area (Å²) in [6, 6.07) is 14.9. The maximum atomic E-state index is 12.8. The molecule has 0 radical (unpaired) electrons. The van der Waals surface area contributed by atoms with Crippen LogP contribution in [0, 0.1) is 11.3 Å². The molecule has 0 fully saturated rings. The first-order valence-corrected chi connectivity index (χ1v) is 9.91. The molecule has 0 bridgehead atoms. The lowest BCUT2D eigenvalue weighted by Gasteiger charge is -2.19. The number of pyridine rings is 1. The van der Waals surface area contributed by atoms with Crippen LogP contribution in [0.1, 0.15) is 0 Å². The van der Waals surface area contributed by atoms with E-state index in [-0.39, 0.29) is 18.2 Å². The molecule has 0 saturated heterocycles. The van der Waals surface area contributed by atoms with Crippen molar-refractivity contribution in [2.24, 2.45) is 0 Å². The summed E-state index contributed by atoms with van der Waals surface area (Å²) < 4.78 is 7.13. The Morgan fingerprint density at radius 1 is 1.21 bits per heavy atom. The Morgan fingerprint density at radius 3 is 2.66 bits per heavy atom. The number of amides is 1. The predicted octanol–water partition coefficient (Wildman–Crippen LogP) is 2.64. The molecule has 0 aliphatic rings. The number of nitrogens with zero attached hydrogens (tertiary/aromatic N) is 6. The van der Waals surface area contributed by atoms with Crippen LogP contribution in [0.4, 0.5) is 5.69 Å². The molecule has 1 aromatic carbocycles. The van der Waals surface area contributed by atoms with Crippen LogP contribution in [-0.4, -0.2) is 51.7 Å². The topological polar surface area (TPSA) is 96.9 Å². The molecule has 0 saturated carbocycles. The fourth-order valence-corrected chi connectivity index (χ4v) is 3.54. The van der Waals surface area contributed by atoms with Crippen molar-refractivity contribution in [3.63, 3.8) is 0 Å². The molecule has 2 heterocycles. The number of rotatable bonds is 9. The molecule has 0 spiro atoms. The van der Waals surface area contributed by atoms with E-state index in [2.05, 4.69) is 21.3 Å². The number of benzene rings is 1. The van der Waals surface area contributed by atoms with E-state index in [1.165, 1.54) is 16.7 Å². The third-order valence-corrected chi connectivity index (χ3v) is 5.05. The molecule has 0 aliphatic carbocycles. The number of ether oxygens (including phenoxy) is 1. The Balaban J connectivity index is 1.78. The van der Waals surface area contributed by atoms with Gasteiger partial charge in [-0.25, -0.2) is 0 Å². The van der Waals surface area contributed by atoms with Crippen LogP contribution < -0.4 is 4.90 Å². The number of methoxy groups -OCH3 is 1. The van der Waals surface area contributed by atoms with Crippen LogP contribution >= 0.6 is 11.8 Å². The number of para-hydroxylation sites is 1. The van der Waals surface area contributed by atoms with Gasteiger partial charge in [-0.05, 0) is 24.3 Å². The van der Waals surface area contributed by atoms with E-state index in [4.69, 9.17) is 10.00 Å². The lowest BCUT2D eigenvalue weighted by molar-refractivity contribution is -0.116. The number of nitriles is 1. The van der Waals surface area contributed by atoms with E-state index >= 15 is 0 Å². The smallest absolute Gasteiger partial charge is 0.238 e. The Hall–Kier alpha value is -3.22. The average molecular weight is 408 g/mol. The molecule has 3 rings (SSSR count).